The third-order valence-electron chi connectivity index (χ3n) is 3.80. The van der Waals surface area contributed by atoms with Crippen molar-refractivity contribution in [3.63, 3.8) is 0 Å². The Labute approximate surface area is 128 Å². The fourth-order valence-corrected chi connectivity index (χ4v) is 3.32. The van der Waals surface area contributed by atoms with Crippen molar-refractivity contribution in [1.29, 1.82) is 0 Å². The Morgan fingerprint density at radius 1 is 1.52 bits per heavy atom. The number of nitrogens with one attached hydrogen (secondary N) is 3. The summed E-state index contributed by atoms with van der Waals surface area (Å²) in [5.74, 6) is -0.0349. The molecule has 3 rings (SSSR count). The van der Waals surface area contributed by atoms with Crippen LogP contribution in [0.4, 0.5) is 0 Å². The van der Waals surface area contributed by atoms with Gasteiger partial charge in [-0.25, -0.2) is 4.98 Å². The molecule has 0 bridgehead atoms. The maximum atomic E-state index is 12.3. The summed E-state index contributed by atoms with van der Waals surface area (Å²) in [5.41, 5.74) is 2.48. The molecule has 2 aromatic heterocycles. The van der Waals surface area contributed by atoms with Crippen molar-refractivity contribution in [1.82, 2.24) is 20.6 Å². The third kappa shape index (κ3) is 3.33. The van der Waals surface area contributed by atoms with Gasteiger partial charge in [-0.05, 0) is 39.3 Å². The normalized spacial score (nSPS) is 22.2. The molecule has 21 heavy (non-hydrogen) atoms. The molecule has 1 saturated heterocycles. The van der Waals surface area contributed by atoms with Crippen molar-refractivity contribution in [3.8, 4) is 11.3 Å². The van der Waals surface area contributed by atoms with Crippen molar-refractivity contribution in [3.05, 3.63) is 28.3 Å². The number of aromatic nitrogens is 2. The summed E-state index contributed by atoms with van der Waals surface area (Å²) >= 11 is 1.61. The number of aromatic amines is 1. The Morgan fingerprint density at radius 2 is 2.38 bits per heavy atom. The molecule has 0 aliphatic carbocycles. The van der Waals surface area contributed by atoms with Crippen LogP contribution in [0.1, 0.15) is 35.3 Å². The Balaban J connectivity index is 1.66. The van der Waals surface area contributed by atoms with Gasteiger partial charge in [-0.3, -0.25) is 4.79 Å². The van der Waals surface area contributed by atoms with Gasteiger partial charge in [0.15, 0.2) is 0 Å². The van der Waals surface area contributed by atoms with E-state index >= 15 is 0 Å². The molecule has 6 heteroatoms. The molecule has 2 atom stereocenters. The minimum Gasteiger partial charge on any atom is -0.357 e. The first kappa shape index (κ1) is 14.3. The van der Waals surface area contributed by atoms with Crippen molar-refractivity contribution < 1.29 is 4.79 Å². The standard InChI is InChI=1S/C15H20N4OS/c1-9-5-12(3-4-16-9)19-15(20)13-6-11(7-17-13)14-8-21-10(2)18-14/h6-9,12,16-17H,3-5H2,1-2H3,(H,19,20). The minimum atomic E-state index is -0.0349. The number of hydrogen-bond donors (Lipinski definition) is 3. The molecule has 5 nitrogen and oxygen atoms in total. The molecule has 1 amide bonds. The summed E-state index contributed by atoms with van der Waals surface area (Å²) in [6, 6.07) is 2.58. The number of rotatable bonds is 3. The maximum absolute atomic E-state index is 12.3. The number of thiazole rings is 1. The van der Waals surface area contributed by atoms with E-state index in [-0.39, 0.29) is 11.9 Å². The lowest BCUT2D eigenvalue weighted by molar-refractivity contribution is 0.0921. The van der Waals surface area contributed by atoms with Gasteiger partial charge in [-0.15, -0.1) is 11.3 Å². The maximum Gasteiger partial charge on any atom is 0.267 e. The fourth-order valence-electron chi connectivity index (χ4n) is 2.70. The van der Waals surface area contributed by atoms with E-state index in [4.69, 9.17) is 0 Å². The molecule has 1 aliphatic heterocycles. The zero-order valence-corrected chi connectivity index (χ0v) is 13.1. The number of hydrogen-bond acceptors (Lipinski definition) is 4. The molecule has 2 unspecified atom stereocenters. The van der Waals surface area contributed by atoms with E-state index in [9.17, 15) is 4.79 Å². The highest BCUT2D eigenvalue weighted by molar-refractivity contribution is 7.09. The van der Waals surface area contributed by atoms with Crippen LogP contribution >= 0.6 is 11.3 Å². The van der Waals surface area contributed by atoms with Crippen LogP contribution in [0, 0.1) is 6.92 Å². The molecular formula is C15H20N4OS. The monoisotopic (exact) mass is 304 g/mol. The van der Waals surface area contributed by atoms with Crippen LogP contribution in [-0.4, -0.2) is 34.5 Å². The summed E-state index contributed by atoms with van der Waals surface area (Å²) in [4.78, 5) is 19.8. The van der Waals surface area contributed by atoms with Crippen LogP contribution in [0.2, 0.25) is 0 Å². The highest BCUT2D eigenvalue weighted by Crippen LogP contribution is 2.22. The number of amides is 1. The number of aryl methyl sites for hydroxylation is 1. The van der Waals surface area contributed by atoms with E-state index in [1.807, 2.05) is 24.6 Å². The topological polar surface area (TPSA) is 69.8 Å². The van der Waals surface area contributed by atoms with Gasteiger partial charge in [-0.2, -0.15) is 0 Å². The van der Waals surface area contributed by atoms with Gasteiger partial charge in [0.1, 0.15) is 5.69 Å². The summed E-state index contributed by atoms with van der Waals surface area (Å²) in [6.07, 6.45) is 3.80. The summed E-state index contributed by atoms with van der Waals surface area (Å²) in [7, 11) is 0. The van der Waals surface area contributed by atoms with Gasteiger partial charge in [0, 0.05) is 29.2 Å². The second-order valence-electron chi connectivity index (χ2n) is 5.60. The van der Waals surface area contributed by atoms with Gasteiger partial charge < -0.3 is 15.6 Å². The van der Waals surface area contributed by atoms with Gasteiger partial charge in [-0.1, -0.05) is 0 Å². The molecule has 1 aliphatic rings. The lowest BCUT2D eigenvalue weighted by atomic mass is 10.0. The number of H-pyrrole nitrogens is 1. The predicted octanol–water partition coefficient (Wildman–Crippen LogP) is 2.32. The van der Waals surface area contributed by atoms with Crippen molar-refractivity contribution in [2.24, 2.45) is 0 Å². The van der Waals surface area contributed by atoms with Crippen LogP contribution in [0.3, 0.4) is 0 Å². The lowest BCUT2D eigenvalue weighted by Crippen LogP contribution is -2.46. The second-order valence-corrected chi connectivity index (χ2v) is 6.67. The molecule has 0 spiro atoms. The Kier molecular flexibility index (Phi) is 4.07. The van der Waals surface area contributed by atoms with Gasteiger partial charge in [0.05, 0.1) is 10.7 Å². The van der Waals surface area contributed by atoms with Gasteiger partial charge >= 0.3 is 0 Å². The lowest BCUT2D eigenvalue weighted by Gasteiger charge is -2.28. The van der Waals surface area contributed by atoms with Crippen LogP contribution in [-0.2, 0) is 0 Å². The molecule has 1 fully saturated rings. The summed E-state index contributed by atoms with van der Waals surface area (Å²) in [5, 5.41) is 9.53. The average molecular weight is 304 g/mol. The Morgan fingerprint density at radius 3 is 3.10 bits per heavy atom. The molecule has 0 saturated carbocycles. The summed E-state index contributed by atoms with van der Waals surface area (Å²) in [6.45, 7) is 5.09. The number of piperidine rings is 1. The van der Waals surface area contributed by atoms with Crippen LogP contribution in [0.15, 0.2) is 17.6 Å². The van der Waals surface area contributed by atoms with Gasteiger partial charge in [0.2, 0.25) is 0 Å². The molecule has 3 N–H and O–H groups in total. The van der Waals surface area contributed by atoms with Crippen LogP contribution in [0.5, 0.6) is 0 Å². The quantitative estimate of drug-likeness (QED) is 0.815. The molecular weight excluding hydrogens is 284 g/mol. The van der Waals surface area contributed by atoms with Crippen LogP contribution in [0.25, 0.3) is 11.3 Å². The van der Waals surface area contributed by atoms with E-state index in [0.29, 0.717) is 11.7 Å². The highest BCUT2D eigenvalue weighted by atomic mass is 32.1. The SMILES string of the molecule is Cc1nc(-c2c[nH]c(C(=O)NC3CCNC(C)C3)c2)cs1. The van der Waals surface area contributed by atoms with Gasteiger partial charge in [0.25, 0.3) is 5.91 Å². The Hall–Kier alpha value is -1.66. The molecule has 0 radical (unpaired) electrons. The highest BCUT2D eigenvalue weighted by Gasteiger charge is 2.21. The van der Waals surface area contributed by atoms with Crippen molar-refractivity contribution in [2.45, 2.75) is 38.8 Å². The van der Waals surface area contributed by atoms with Crippen molar-refractivity contribution >= 4 is 17.2 Å². The first-order valence-corrected chi connectivity index (χ1v) is 8.15. The number of carbonyl (C=O) groups excluding carboxylic acids is 1. The molecule has 2 aromatic rings. The number of carbonyl (C=O) groups is 1. The van der Waals surface area contributed by atoms with E-state index in [0.717, 1.165) is 35.7 Å². The Bertz CT molecular complexity index is 633. The third-order valence-corrected chi connectivity index (χ3v) is 4.57. The first-order valence-electron chi connectivity index (χ1n) is 7.27. The van der Waals surface area contributed by atoms with E-state index < -0.39 is 0 Å². The fraction of sp³-hybridized carbons (Fsp3) is 0.467. The predicted molar refractivity (Wildman–Crippen MR) is 84.6 cm³/mol. The second kappa shape index (κ2) is 5.99. The minimum absolute atomic E-state index is 0.0349. The number of nitrogens with zero attached hydrogens (tertiary/aromatic N) is 1. The van der Waals surface area contributed by atoms with E-state index in [1.54, 1.807) is 11.3 Å². The first-order chi connectivity index (χ1) is 10.1. The van der Waals surface area contributed by atoms with Crippen molar-refractivity contribution in [2.75, 3.05) is 6.54 Å². The van der Waals surface area contributed by atoms with Crippen LogP contribution < -0.4 is 10.6 Å². The average Bonchev–Trinajstić information content (AvgIpc) is 3.07. The van der Waals surface area contributed by atoms with E-state index in [2.05, 4.69) is 27.5 Å². The van der Waals surface area contributed by atoms with E-state index in [1.165, 1.54) is 0 Å². The molecule has 3 heterocycles. The zero-order chi connectivity index (χ0) is 14.8. The zero-order valence-electron chi connectivity index (χ0n) is 12.3. The molecule has 0 aromatic carbocycles. The largest absolute Gasteiger partial charge is 0.357 e. The summed E-state index contributed by atoms with van der Waals surface area (Å²) < 4.78 is 0. The smallest absolute Gasteiger partial charge is 0.267 e. The molecule has 112 valence electrons.